The Morgan fingerprint density at radius 3 is 2.88 bits per heavy atom. The molecule has 1 fully saturated rings. The van der Waals surface area contributed by atoms with Crippen LogP contribution in [0.3, 0.4) is 0 Å². The van der Waals surface area contributed by atoms with Crippen LogP contribution in [0.2, 0.25) is 0 Å². The van der Waals surface area contributed by atoms with Gasteiger partial charge in [0, 0.05) is 37.6 Å². The van der Waals surface area contributed by atoms with E-state index in [0.29, 0.717) is 25.0 Å². The number of hydrogen-bond donors (Lipinski definition) is 2. The molecule has 0 aromatic carbocycles. The van der Waals surface area contributed by atoms with E-state index in [2.05, 4.69) is 24.5 Å². The highest BCUT2D eigenvalue weighted by atomic mass is 32.2. The molecule has 4 nitrogen and oxygen atoms in total. The minimum atomic E-state index is 0.115. The van der Waals surface area contributed by atoms with Crippen LogP contribution < -0.4 is 10.6 Å². The van der Waals surface area contributed by atoms with Crippen molar-refractivity contribution in [2.45, 2.75) is 32.4 Å². The van der Waals surface area contributed by atoms with Crippen molar-refractivity contribution in [3.05, 3.63) is 0 Å². The first-order valence-corrected chi connectivity index (χ1v) is 7.38. The maximum atomic E-state index is 11.9. The van der Waals surface area contributed by atoms with Crippen molar-refractivity contribution < 1.29 is 9.53 Å². The number of methoxy groups -OCH3 is 1. The molecule has 0 bridgehead atoms. The monoisotopic (exact) mass is 260 g/mol. The van der Waals surface area contributed by atoms with Gasteiger partial charge < -0.3 is 15.4 Å². The Labute approximate surface area is 108 Å². The summed E-state index contributed by atoms with van der Waals surface area (Å²) in [5.74, 6) is 2.70. The maximum Gasteiger partial charge on any atom is 0.221 e. The Kier molecular flexibility index (Phi) is 6.92. The predicted molar refractivity (Wildman–Crippen MR) is 72.4 cm³/mol. The summed E-state index contributed by atoms with van der Waals surface area (Å²) in [5.41, 5.74) is 0. The maximum absolute atomic E-state index is 11.9. The van der Waals surface area contributed by atoms with Gasteiger partial charge in [-0.25, -0.2) is 0 Å². The van der Waals surface area contributed by atoms with Crippen molar-refractivity contribution in [3.63, 3.8) is 0 Å². The minimum Gasteiger partial charge on any atom is -0.383 e. The first-order chi connectivity index (χ1) is 8.13. The minimum absolute atomic E-state index is 0.115. The third-order valence-corrected chi connectivity index (χ3v) is 4.06. The fourth-order valence-electron chi connectivity index (χ4n) is 1.82. The summed E-state index contributed by atoms with van der Waals surface area (Å²) < 4.78 is 5.12. The Balaban J connectivity index is 2.30. The highest BCUT2D eigenvalue weighted by Gasteiger charge is 2.20. The fraction of sp³-hybridized carbons (Fsp3) is 0.917. The van der Waals surface area contributed by atoms with Gasteiger partial charge in [0.25, 0.3) is 0 Å². The third kappa shape index (κ3) is 5.75. The zero-order valence-corrected chi connectivity index (χ0v) is 11.8. The number of carbonyl (C=O) groups excluding carboxylic acids is 1. The number of carbonyl (C=O) groups is 1. The van der Waals surface area contributed by atoms with Gasteiger partial charge in [0.1, 0.15) is 0 Å². The lowest BCUT2D eigenvalue weighted by Gasteiger charge is -2.25. The fourth-order valence-corrected chi connectivity index (χ4v) is 2.77. The van der Waals surface area contributed by atoms with Crippen LogP contribution in [0.5, 0.6) is 0 Å². The Morgan fingerprint density at radius 2 is 2.35 bits per heavy atom. The molecule has 1 amide bonds. The van der Waals surface area contributed by atoms with Crippen LogP contribution in [0.25, 0.3) is 0 Å². The Morgan fingerprint density at radius 1 is 1.59 bits per heavy atom. The summed E-state index contributed by atoms with van der Waals surface area (Å²) >= 11 is 1.91. The van der Waals surface area contributed by atoms with Crippen molar-refractivity contribution in [2.75, 3.05) is 31.8 Å². The van der Waals surface area contributed by atoms with E-state index in [1.54, 1.807) is 7.11 Å². The number of nitrogens with one attached hydrogen (secondary N) is 2. The quantitative estimate of drug-likeness (QED) is 0.744. The van der Waals surface area contributed by atoms with Crippen LogP contribution in [0.1, 0.15) is 20.3 Å². The molecule has 0 radical (unpaired) electrons. The molecule has 0 aromatic heterocycles. The smallest absolute Gasteiger partial charge is 0.221 e. The van der Waals surface area contributed by atoms with Crippen molar-refractivity contribution in [1.29, 1.82) is 0 Å². The van der Waals surface area contributed by atoms with Gasteiger partial charge in [-0.1, -0.05) is 13.8 Å². The summed E-state index contributed by atoms with van der Waals surface area (Å²) in [6.45, 7) is 5.78. The van der Waals surface area contributed by atoms with Gasteiger partial charge >= 0.3 is 0 Å². The molecule has 0 saturated carbocycles. The third-order valence-electron chi connectivity index (χ3n) is 2.93. The van der Waals surface area contributed by atoms with Gasteiger partial charge in [-0.2, -0.15) is 11.8 Å². The topological polar surface area (TPSA) is 50.4 Å². The Hall–Kier alpha value is -0.260. The molecular formula is C12H24N2O2S. The van der Waals surface area contributed by atoms with Crippen molar-refractivity contribution >= 4 is 17.7 Å². The SMILES string of the molecule is COCC(NC(=O)CC1CSCCN1)C(C)C. The first kappa shape index (κ1) is 14.8. The van der Waals surface area contributed by atoms with Crippen LogP contribution in [0, 0.1) is 5.92 Å². The standard InChI is InChI=1S/C12H24N2O2S/c1-9(2)11(7-16-3)14-12(15)6-10-8-17-5-4-13-10/h9-11,13H,4-8H2,1-3H3,(H,14,15). The summed E-state index contributed by atoms with van der Waals surface area (Å²) in [7, 11) is 1.67. The second-order valence-corrected chi connectivity index (χ2v) is 5.95. The van der Waals surface area contributed by atoms with Gasteiger partial charge in [-0.05, 0) is 5.92 Å². The molecule has 1 aliphatic heterocycles. The molecule has 2 atom stereocenters. The number of amides is 1. The summed E-state index contributed by atoms with van der Waals surface area (Å²) in [6.07, 6.45) is 0.569. The molecule has 17 heavy (non-hydrogen) atoms. The molecule has 2 N–H and O–H groups in total. The van der Waals surface area contributed by atoms with E-state index >= 15 is 0 Å². The van der Waals surface area contributed by atoms with Crippen LogP contribution in [0.15, 0.2) is 0 Å². The highest BCUT2D eigenvalue weighted by Crippen LogP contribution is 2.10. The van der Waals surface area contributed by atoms with E-state index in [-0.39, 0.29) is 11.9 Å². The van der Waals surface area contributed by atoms with E-state index in [4.69, 9.17) is 4.74 Å². The average molecular weight is 260 g/mol. The molecule has 1 rings (SSSR count). The number of ether oxygens (including phenoxy) is 1. The van der Waals surface area contributed by atoms with Crippen molar-refractivity contribution in [1.82, 2.24) is 10.6 Å². The van der Waals surface area contributed by atoms with E-state index in [1.807, 2.05) is 11.8 Å². The zero-order valence-electron chi connectivity index (χ0n) is 11.0. The lowest BCUT2D eigenvalue weighted by molar-refractivity contribution is -0.122. The number of thioether (sulfide) groups is 1. The molecule has 0 spiro atoms. The van der Waals surface area contributed by atoms with Crippen LogP contribution in [0.4, 0.5) is 0 Å². The van der Waals surface area contributed by atoms with E-state index in [9.17, 15) is 4.79 Å². The summed E-state index contributed by atoms with van der Waals surface area (Å²) in [4.78, 5) is 11.9. The van der Waals surface area contributed by atoms with E-state index < -0.39 is 0 Å². The average Bonchev–Trinajstić information content (AvgIpc) is 2.29. The number of hydrogen-bond acceptors (Lipinski definition) is 4. The van der Waals surface area contributed by atoms with Gasteiger partial charge in [0.15, 0.2) is 0 Å². The normalized spacial score (nSPS) is 22.5. The van der Waals surface area contributed by atoms with E-state index in [1.165, 1.54) is 0 Å². The summed E-state index contributed by atoms with van der Waals surface area (Å²) in [5, 5.41) is 6.42. The molecule has 5 heteroatoms. The van der Waals surface area contributed by atoms with Crippen LogP contribution in [-0.4, -0.2) is 49.8 Å². The molecular weight excluding hydrogens is 236 g/mol. The molecule has 0 aromatic rings. The van der Waals surface area contributed by atoms with Gasteiger partial charge in [-0.15, -0.1) is 0 Å². The van der Waals surface area contributed by atoms with Gasteiger partial charge in [-0.3, -0.25) is 4.79 Å². The van der Waals surface area contributed by atoms with E-state index in [0.717, 1.165) is 18.1 Å². The largest absolute Gasteiger partial charge is 0.383 e. The molecule has 2 unspecified atom stereocenters. The Bertz CT molecular complexity index is 231. The zero-order chi connectivity index (χ0) is 12.7. The van der Waals surface area contributed by atoms with Crippen molar-refractivity contribution in [2.24, 2.45) is 5.92 Å². The molecule has 1 heterocycles. The number of rotatable bonds is 6. The van der Waals surface area contributed by atoms with Crippen molar-refractivity contribution in [3.8, 4) is 0 Å². The van der Waals surface area contributed by atoms with Gasteiger partial charge in [0.05, 0.1) is 12.6 Å². The molecule has 1 saturated heterocycles. The van der Waals surface area contributed by atoms with Crippen LogP contribution >= 0.6 is 11.8 Å². The van der Waals surface area contributed by atoms with Crippen LogP contribution in [-0.2, 0) is 9.53 Å². The summed E-state index contributed by atoms with van der Waals surface area (Å²) in [6, 6.07) is 0.438. The lowest BCUT2D eigenvalue weighted by Crippen LogP contribution is -2.46. The predicted octanol–water partition coefficient (Wildman–Crippen LogP) is 0.869. The molecule has 1 aliphatic rings. The first-order valence-electron chi connectivity index (χ1n) is 6.23. The molecule has 100 valence electrons. The lowest BCUT2D eigenvalue weighted by atomic mass is 10.0. The molecule has 0 aliphatic carbocycles. The van der Waals surface area contributed by atoms with Gasteiger partial charge in [0.2, 0.25) is 5.91 Å². The second-order valence-electron chi connectivity index (χ2n) is 4.80. The highest BCUT2D eigenvalue weighted by molar-refractivity contribution is 7.99. The second kappa shape index (κ2) is 7.95.